The standard InChI is InChI=1S/C20H31ClN2O5S/c1-15(2)27-12-6-11-22-20(24)14-28-19-10-9-17(13-18(19)21)29(25,26)23-16-7-4-3-5-8-16/h9-10,13,15-16,23H,3-8,11-12,14H2,1-2H3,(H,22,24). The summed E-state index contributed by atoms with van der Waals surface area (Å²) in [6, 6.07) is 4.23. The summed E-state index contributed by atoms with van der Waals surface area (Å²) in [6.45, 7) is 4.79. The summed E-state index contributed by atoms with van der Waals surface area (Å²) in [6.07, 6.45) is 5.81. The number of nitrogens with one attached hydrogen (secondary N) is 2. The van der Waals surface area contributed by atoms with Crippen molar-refractivity contribution in [3.8, 4) is 5.75 Å². The molecule has 1 aromatic rings. The molecule has 0 bridgehead atoms. The number of hydrogen-bond donors (Lipinski definition) is 2. The smallest absolute Gasteiger partial charge is 0.257 e. The Labute approximate surface area is 178 Å². The molecule has 0 heterocycles. The van der Waals surface area contributed by atoms with E-state index in [9.17, 15) is 13.2 Å². The minimum Gasteiger partial charge on any atom is -0.482 e. The van der Waals surface area contributed by atoms with Crippen LogP contribution in [0.2, 0.25) is 5.02 Å². The summed E-state index contributed by atoms with van der Waals surface area (Å²) in [4.78, 5) is 11.9. The van der Waals surface area contributed by atoms with Crippen LogP contribution in [-0.2, 0) is 19.6 Å². The molecule has 9 heteroatoms. The summed E-state index contributed by atoms with van der Waals surface area (Å²) in [7, 11) is -3.64. The lowest BCUT2D eigenvalue weighted by Crippen LogP contribution is -2.36. The predicted octanol–water partition coefficient (Wildman–Crippen LogP) is 3.26. The van der Waals surface area contributed by atoms with Crippen LogP contribution in [0.1, 0.15) is 52.4 Å². The number of carbonyl (C=O) groups is 1. The van der Waals surface area contributed by atoms with Crippen molar-refractivity contribution in [2.24, 2.45) is 0 Å². The second kappa shape index (κ2) is 11.7. The molecular formula is C20H31ClN2O5S. The molecule has 1 fully saturated rings. The molecule has 1 aliphatic rings. The van der Waals surface area contributed by atoms with Gasteiger partial charge in [-0.05, 0) is 51.3 Å². The molecule has 1 amide bonds. The van der Waals surface area contributed by atoms with Crippen LogP contribution < -0.4 is 14.8 Å². The molecule has 7 nitrogen and oxygen atoms in total. The maximum atomic E-state index is 12.6. The largest absolute Gasteiger partial charge is 0.482 e. The third-order valence-corrected chi connectivity index (χ3v) is 6.41. The van der Waals surface area contributed by atoms with Crippen molar-refractivity contribution in [2.45, 2.75) is 69.4 Å². The molecule has 1 saturated carbocycles. The molecular weight excluding hydrogens is 416 g/mol. The summed E-state index contributed by atoms with van der Waals surface area (Å²) < 4.78 is 38.7. The SMILES string of the molecule is CC(C)OCCCNC(=O)COc1ccc(S(=O)(=O)NC2CCCCC2)cc1Cl. The van der Waals surface area contributed by atoms with Crippen LogP contribution in [0.4, 0.5) is 0 Å². The monoisotopic (exact) mass is 446 g/mol. The van der Waals surface area contributed by atoms with Gasteiger partial charge in [-0.15, -0.1) is 0 Å². The number of rotatable bonds is 11. The van der Waals surface area contributed by atoms with E-state index in [1.165, 1.54) is 18.2 Å². The van der Waals surface area contributed by atoms with E-state index in [1.807, 2.05) is 13.8 Å². The topological polar surface area (TPSA) is 93.7 Å². The maximum Gasteiger partial charge on any atom is 0.257 e. The van der Waals surface area contributed by atoms with Gasteiger partial charge >= 0.3 is 0 Å². The van der Waals surface area contributed by atoms with Gasteiger partial charge in [0.25, 0.3) is 5.91 Å². The number of ether oxygens (including phenoxy) is 2. The summed E-state index contributed by atoms with van der Waals surface area (Å²) in [5.74, 6) is -0.0112. The van der Waals surface area contributed by atoms with E-state index in [0.717, 1.165) is 32.1 Å². The van der Waals surface area contributed by atoms with Crippen molar-refractivity contribution < 1.29 is 22.7 Å². The molecule has 0 atom stereocenters. The van der Waals surface area contributed by atoms with Gasteiger partial charge in [0.05, 0.1) is 16.0 Å². The third-order valence-electron chi connectivity index (χ3n) is 4.59. The highest BCUT2D eigenvalue weighted by atomic mass is 35.5. The Morgan fingerprint density at radius 1 is 1.24 bits per heavy atom. The van der Waals surface area contributed by atoms with Gasteiger partial charge in [0, 0.05) is 19.2 Å². The van der Waals surface area contributed by atoms with Crippen molar-refractivity contribution >= 4 is 27.5 Å². The van der Waals surface area contributed by atoms with Gasteiger partial charge in [0.2, 0.25) is 10.0 Å². The van der Waals surface area contributed by atoms with Gasteiger partial charge in [-0.25, -0.2) is 13.1 Å². The summed E-state index contributed by atoms with van der Waals surface area (Å²) in [5, 5.41) is 2.88. The average molecular weight is 447 g/mol. The fourth-order valence-electron chi connectivity index (χ4n) is 3.09. The number of carbonyl (C=O) groups excluding carboxylic acids is 1. The molecule has 164 valence electrons. The van der Waals surface area contributed by atoms with Crippen LogP contribution in [0.5, 0.6) is 5.75 Å². The zero-order valence-electron chi connectivity index (χ0n) is 17.1. The van der Waals surface area contributed by atoms with E-state index in [2.05, 4.69) is 10.0 Å². The quantitative estimate of drug-likeness (QED) is 0.509. The molecule has 1 aromatic carbocycles. The fraction of sp³-hybridized carbons (Fsp3) is 0.650. The lowest BCUT2D eigenvalue weighted by molar-refractivity contribution is -0.123. The normalized spacial score (nSPS) is 15.4. The van der Waals surface area contributed by atoms with E-state index in [4.69, 9.17) is 21.1 Å². The van der Waals surface area contributed by atoms with Crippen molar-refractivity contribution in [3.05, 3.63) is 23.2 Å². The van der Waals surface area contributed by atoms with E-state index in [-0.39, 0.29) is 40.3 Å². The first-order valence-electron chi connectivity index (χ1n) is 10.1. The van der Waals surface area contributed by atoms with Crippen molar-refractivity contribution in [1.29, 1.82) is 0 Å². The Kier molecular flexibility index (Phi) is 9.68. The first-order valence-corrected chi connectivity index (χ1v) is 12.0. The van der Waals surface area contributed by atoms with Crippen LogP contribution in [0.3, 0.4) is 0 Å². The molecule has 0 saturated heterocycles. The van der Waals surface area contributed by atoms with Crippen molar-refractivity contribution in [1.82, 2.24) is 10.0 Å². The minimum atomic E-state index is -3.64. The number of sulfonamides is 1. The Balaban J connectivity index is 1.81. The molecule has 0 radical (unpaired) electrons. The molecule has 2 rings (SSSR count). The molecule has 1 aliphatic carbocycles. The highest BCUT2D eigenvalue weighted by molar-refractivity contribution is 7.89. The van der Waals surface area contributed by atoms with Crippen LogP contribution in [0.25, 0.3) is 0 Å². The molecule has 2 N–H and O–H groups in total. The van der Waals surface area contributed by atoms with Crippen LogP contribution in [-0.4, -0.2) is 46.2 Å². The van der Waals surface area contributed by atoms with Gasteiger partial charge in [-0.1, -0.05) is 30.9 Å². The van der Waals surface area contributed by atoms with Gasteiger partial charge in [0.15, 0.2) is 6.61 Å². The first kappa shape index (κ1) is 23.9. The summed E-state index contributed by atoms with van der Waals surface area (Å²) >= 11 is 6.17. The van der Waals surface area contributed by atoms with Gasteiger partial charge in [0.1, 0.15) is 5.75 Å². The molecule has 0 aromatic heterocycles. The van der Waals surface area contributed by atoms with Crippen molar-refractivity contribution in [3.63, 3.8) is 0 Å². The van der Waals surface area contributed by atoms with Crippen LogP contribution in [0.15, 0.2) is 23.1 Å². The number of amides is 1. The molecule has 29 heavy (non-hydrogen) atoms. The van der Waals surface area contributed by atoms with E-state index >= 15 is 0 Å². The zero-order valence-corrected chi connectivity index (χ0v) is 18.7. The van der Waals surface area contributed by atoms with Gasteiger partial charge in [-0.2, -0.15) is 0 Å². The summed E-state index contributed by atoms with van der Waals surface area (Å²) in [5.41, 5.74) is 0. The predicted molar refractivity (Wildman–Crippen MR) is 113 cm³/mol. The van der Waals surface area contributed by atoms with Crippen molar-refractivity contribution in [2.75, 3.05) is 19.8 Å². The Hall–Kier alpha value is -1.35. The second-order valence-corrected chi connectivity index (χ2v) is 9.58. The average Bonchev–Trinajstić information content (AvgIpc) is 2.67. The Morgan fingerprint density at radius 2 is 1.97 bits per heavy atom. The van der Waals surface area contributed by atoms with E-state index < -0.39 is 10.0 Å². The lowest BCUT2D eigenvalue weighted by atomic mass is 9.96. The molecule has 0 aliphatic heterocycles. The van der Waals surface area contributed by atoms with E-state index in [1.54, 1.807) is 0 Å². The highest BCUT2D eigenvalue weighted by Crippen LogP contribution is 2.28. The maximum absolute atomic E-state index is 12.6. The second-order valence-electron chi connectivity index (χ2n) is 7.46. The van der Waals surface area contributed by atoms with E-state index in [0.29, 0.717) is 19.6 Å². The van der Waals surface area contributed by atoms with Crippen LogP contribution in [0, 0.1) is 0 Å². The van der Waals surface area contributed by atoms with Gasteiger partial charge < -0.3 is 14.8 Å². The Bertz CT molecular complexity index is 764. The number of benzene rings is 1. The first-order chi connectivity index (χ1) is 13.8. The van der Waals surface area contributed by atoms with Gasteiger partial charge in [-0.3, -0.25) is 4.79 Å². The lowest BCUT2D eigenvalue weighted by Gasteiger charge is -2.22. The van der Waals surface area contributed by atoms with Crippen LogP contribution >= 0.6 is 11.6 Å². The minimum absolute atomic E-state index is 0.0296. The number of halogens is 1. The molecule has 0 spiro atoms. The molecule has 0 unspecified atom stereocenters. The fourth-order valence-corrected chi connectivity index (χ4v) is 4.72. The Morgan fingerprint density at radius 3 is 2.62 bits per heavy atom. The third kappa shape index (κ3) is 8.50. The number of hydrogen-bond acceptors (Lipinski definition) is 5. The highest BCUT2D eigenvalue weighted by Gasteiger charge is 2.22. The zero-order chi connectivity index (χ0) is 21.3.